The molecule has 0 fully saturated rings. The molecule has 0 saturated carbocycles. The van der Waals surface area contributed by atoms with Gasteiger partial charge in [-0.2, -0.15) is 0 Å². The van der Waals surface area contributed by atoms with Gasteiger partial charge in [-0.1, -0.05) is 214 Å². The van der Waals surface area contributed by atoms with Crippen molar-refractivity contribution in [1.29, 1.82) is 0 Å². The number of hydrogen-bond acceptors (Lipinski definition) is 6. The lowest BCUT2D eigenvalue weighted by Crippen LogP contribution is -2.30. The van der Waals surface area contributed by atoms with Gasteiger partial charge in [0.1, 0.15) is 13.2 Å². The normalized spacial score (nSPS) is 13.0. The first-order valence-electron chi connectivity index (χ1n) is 26.4. The Morgan fingerprint density at radius 3 is 0.938 bits per heavy atom. The summed E-state index contributed by atoms with van der Waals surface area (Å²) in [6.07, 6.45) is 70.9. The molecular weight excluding hydrogens is 805 g/mol. The van der Waals surface area contributed by atoms with Crippen molar-refractivity contribution >= 4 is 17.9 Å². The minimum absolute atomic E-state index is 0.0930. The molecule has 1 unspecified atom stereocenters. The number of unbranched alkanes of at least 4 members (excludes halogenated alkanes) is 17. The zero-order chi connectivity index (χ0) is 47.2. The second-order valence-electron chi connectivity index (χ2n) is 17.0. The van der Waals surface area contributed by atoms with Gasteiger partial charge in [0.25, 0.3) is 0 Å². The molecule has 6 nitrogen and oxygen atoms in total. The third-order valence-electron chi connectivity index (χ3n) is 10.8. The van der Waals surface area contributed by atoms with E-state index in [0.29, 0.717) is 19.3 Å². The Morgan fingerprint density at radius 1 is 0.323 bits per heavy atom. The van der Waals surface area contributed by atoms with E-state index in [1.165, 1.54) is 51.4 Å². The smallest absolute Gasteiger partial charge is 0.306 e. The summed E-state index contributed by atoms with van der Waals surface area (Å²) in [5.74, 6) is -0.940. The van der Waals surface area contributed by atoms with Crippen LogP contribution in [0.15, 0.2) is 109 Å². The Morgan fingerprint density at radius 2 is 0.600 bits per heavy atom. The van der Waals surface area contributed by atoms with Crippen LogP contribution in [0.1, 0.15) is 226 Å². The van der Waals surface area contributed by atoms with Crippen LogP contribution in [0.3, 0.4) is 0 Å². The molecule has 1 atom stereocenters. The Bertz CT molecular complexity index is 1360. The van der Waals surface area contributed by atoms with E-state index in [9.17, 15) is 14.4 Å². The lowest BCUT2D eigenvalue weighted by atomic mass is 10.1. The summed E-state index contributed by atoms with van der Waals surface area (Å²) in [5.41, 5.74) is 0. The summed E-state index contributed by atoms with van der Waals surface area (Å²) in [4.78, 5) is 37.9. The summed E-state index contributed by atoms with van der Waals surface area (Å²) >= 11 is 0. The average Bonchev–Trinajstić information content (AvgIpc) is 3.30. The molecule has 0 amide bonds. The lowest BCUT2D eigenvalue weighted by Gasteiger charge is -2.18. The molecule has 0 aliphatic carbocycles. The maximum absolute atomic E-state index is 12.8. The van der Waals surface area contributed by atoms with Crippen molar-refractivity contribution in [1.82, 2.24) is 0 Å². The van der Waals surface area contributed by atoms with Gasteiger partial charge in [0.05, 0.1) is 0 Å². The first-order valence-corrected chi connectivity index (χ1v) is 26.4. The van der Waals surface area contributed by atoms with Crippen molar-refractivity contribution in [2.24, 2.45) is 0 Å². The third kappa shape index (κ3) is 50.9. The van der Waals surface area contributed by atoms with Crippen molar-refractivity contribution in [2.45, 2.75) is 232 Å². The Hall–Kier alpha value is -3.93. The molecule has 0 aromatic heterocycles. The van der Waals surface area contributed by atoms with Crippen molar-refractivity contribution in [3.05, 3.63) is 109 Å². The maximum Gasteiger partial charge on any atom is 0.306 e. The zero-order valence-corrected chi connectivity index (χ0v) is 42.0. The fourth-order valence-corrected chi connectivity index (χ4v) is 6.87. The largest absolute Gasteiger partial charge is 0.462 e. The number of carbonyl (C=O) groups excluding carboxylic acids is 3. The van der Waals surface area contributed by atoms with Gasteiger partial charge in [-0.25, -0.2) is 0 Å². The average molecular weight is 901 g/mol. The number of esters is 3. The molecule has 6 heteroatoms. The van der Waals surface area contributed by atoms with Gasteiger partial charge >= 0.3 is 17.9 Å². The number of allylic oxidation sites excluding steroid dienone is 18. The number of hydrogen-bond donors (Lipinski definition) is 0. The molecule has 0 aromatic carbocycles. The van der Waals surface area contributed by atoms with E-state index in [0.717, 1.165) is 135 Å². The van der Waals surface area contributed by atoms with Crippen LogP contribution < -0.4 is 0 Å². The second-order valence-corrected chi connectivity index (χ2v) is 17.0. The molecular formula is C59H96O6. The lowest BCUT2D eigenvalue weighted by molar-refractivity contribution is -0.167. The molecule has 0 saturated heterocycles. The fourth-order valence-electron chi connectivity index (χ4n) is 6.87. The van der Waals surface area contributed by atoms with Crippen LogP contribution in [0, 0.1) is 0 Å². The van der Waals surface area contributed by atoms with Crippen LogP contribution in [-0.4, -0.2) is 37.2 Å². The highest BCUT2D eigenvalue weighted by atomic mass is 16.6. The SMILES string of the molecule is CC/C=C\C/C=C\C/C=C\C/C=C\C/C=C\CCCCCCCCCC(=O)OCC(COC(=O)CCCCCCCCC)OC(=O)CCCCCC/C=C\C/C=C\C/C=C\C/C=C\CC. The summed E-state index contributed by atoms with van der Waals surface area (Å²) < 4.78 is 16.7. The number of ether oxygens (including phenoxy) is 3. The third-order valence-corrected chi connectivity index (χ3v) is 10.8. The summed E-state index contributed by atoms with van der Waals surface area (Å²) in [7, 11) is 0. The second kappa shape index (κ2) is 52.7. The van der Waals surface area contributed by atoms with Crippen molar-refractivity contribution in [3.8, 4) is 0 Å². The Kier molecular flexibility index (Phi) is 49.5. The minimum Gasteiger partial charge on any atom is -0.462 e. The summed E-state index contributed by atoms with van der Waals surface area (Å²) in [5, 5.41) is 0. The van der Waals surface area contributed by atoms with Crippen molar-refractivity contribution in [3.63, 3.8) is 0 Å². The van der Waals surface area contributed by atoms with E-state index < -0.39 is 6.10 Å². The molecule has 0 aromatic rings. The molecule has 0 aliphatic heterocycles. The van der Waals surface area contributed by atoms with Crippen LogP contribution in [0.25, 0.3) is 0 Å². The van der Waals surface area contributed by atoms with E-state index in [1.54, 1.807) is 0 Å². The molecule has 0 radical (unpaired) electrons. The summed E-state index contributed by atoms with van der Waals surface area (Å²) in [6, 6.07) is 0. The number of carbonyl (C=O) groups is 3. The predicted molar refractivity (Wildman–Crippen MR) is 279 cm³/mol. The quantitative estimate of drug-likeness (QED) is 0.0262. The predicted octanol–water partition coefficient (Wildman–Crippen LogP) is 17.5. The van der Waals surface area contributed by atoms with Crippen molar-refractivity contribution in [2.75, 3.05) is 13.2 Å². The van der Waals surface area contributed by atoms with Crippen LogP contribution >= 0.6 is 0 Å². The van der Waals surface area contributed by atoms with E-state index in [1.807, 2.05) is 0 Å². The van der Waals surface area contributed by atoms with Gasteiger partial charge in [-0.15, -0.1) is 0 Å². The minimum atomic E-state index is -0.794. The highest BCUT2D eigenvalue weighted by molar-refractivity contribution is 5.71. The molecule has 368 valence electrons. The van der Waals surface area contributed by atoms with Gasteiger partial charge < -0.3 is 14.2 Å². The summed E-state index contributed by atoms with van der Waals surface area (Å²) in [6.45, 7) is 6.33. The van der Waals surface area contributed by atoms with Crippen LogP contribution in [0.5, 0.6) is 0 Å². The molecule has 0 bridgehead atoms. The monoisotopic (exact) mass is 901 g/mol. The van der Waals surface area contributed by atoms with Gasteiger partial charge in [-0.3, -0.25) is 14.4 Å². The zero-order valence-electron chi connectivity index (χ0n) is 42.0. The standard InChI is InChI=1S/C59H96O6/c1-4-7-10-13-16-18-20-22-24-26-27-28-29-30-31-33-34-36-38-40-43-46-49-52-58(61)64-55-56(54-63-57(60)51-48-45-42-15-12-9-6-3)65-59(62)53-50-47-44-41-39-37-35-32-25-23-21-19-17-14-11-8-5-2/h7-8,10-11,16-19,22-25,27-28,30-31,35,37,56H,4-6,9,12-15,20-21,26,29,32-34,36,38-55H2,1-3H3/b10-7-,11-8-,18-16-,19-17-,24-22-,25-23-,28-27-,31-30-,37-35-. The Labute approximate surface area is 400 Å². The first kappa shape index (κ1) is 61.1. The molecule has 0 aliphatic rings. The van der Waals surface area contributed by atoms with Gasteiger partial charge in [-0.05, 0) is 103 Å². The van der Waals surface area contributed by atoms with Crippen molar-refractivity contribution < 1.29 is 28.6 Å². The molecule has 0 spiro atoms. The fraction of sp³-hybridized carbons (Fsp3) is 0.644. The molecule has 65 heavy (non-hydrogen) atoms. The molecule has 0 N–H and O–H groups in total. The van der Waals surface area contributed by atoms with Crippen LogP contribution in [0.4, 0.5) is 0 Å². The van der Waals surface area contributed by atoms with E-state index in [4.69, 9.17) is 14.2 Å². The van der Waals surface area contributed by atoms with E-state index >= 15 is 0 Å². The van der Waals surface area contributed by atoms with Gasteiger partial charge in [0.15, 0.2) is 6.10 Å². The van der Waals surface area contributed by atoms with E-state index in [-0.39, 0.29) is 31.1 Å². The highest BCUT2D eigenvalue weighted by Crippen LogP contribution is 2.13. The number of rotatable bonds is 46. The van der Waals surface area contributed by atoms with Crippen LogP contribution in [0.2, 0.25) is 0 Å². The maximum atomic E-state index is 12.8. The molecule has 0 rings (SSSR count). The Balaban J connectivity index is 4.31. The first-order chi connectivity index (χ1) is 32.0. The topological polar surface area (TPSA) is 78.9 Å². The molecule has 0 heterocycles. The van der Waals surface area contributed by atoms with Gasteiger partial charge in [0.2, 0.25) is 0 Å². The highest BCUT2D eigenvalue weighted by Gasteiger charge is 2.19. The van der Waals surface area contributed by atoms with E-state index in [2.05, 4.69) is 130 Å². The van der Waals surface area contributed by atoms with Crippen LogP contribution in [-0.2, 0) is 28.6 Å². The van der Waals surface area contributed by atoms with Gasteiger partial charge in [0, 0.05) is 19.3 Å².